The van der Waals surface area contributed by atoms with Crippen LogP contribution in [0.5, 0.6) is 0 Å². The number of aliphatic hydroxyl groups is 1. The van der Waals surface area contributed by atoms with Gasteiger partial charge in [-0.2, -0.15) is 4.31 Å². The molecule has 1 saturated heterocycles. The maximum absolute atomic E-state index is 12.5. The van der Waals surface area contributed by atoms with Gasteiger partial charge in [0.2, 0.25) is 10.0 Å². The summed E-state index contributed by atoms with van der Waals surface area (Å²) in [6.07, 6.45) is -0.648. The Balaban J connectivity index is 1.81. The van der Waals surface area contributed by atoms with Gasteiger partial charge in [-0.1, -0.05) is 18.2 Å². The van der Waals surface area contributed by atoms with Crippen molar-refractivity contribution in [3.8, 4) is 0 Å². The molecule has 0 radical (unpaired) electrons. The molecule has 1 amide bonds. The highest BCUT2D eigenvalue weighted by molar-refractivity contribution is 7.89. The van der Waals surface area contributed by atoms with Crippen LogP contribution in [-0.2, 0) is 10.0 Å². The molecule has 0 spiro atoms. The Morgan fingerprint density at radius 3 is 2.38 bits per heavy atom. The van der Waals surface area contributed by atoms with Gasteiger partial charge in [-0.3, -0.25) is 9.59 Å². The first-order chi connectivity index (χ1) is 12.3. The van der Waals surface area contributed by atoms with Crippen LogP contribution in [0.25, 0.3) is 0 Å². The van der Waals surface area contributed by atoms with Crippen LogP contribution in [0.3, 0.4) is 0 Å². The molecule has 0 bridgehead atoms. The summed E-state index contributed by atoms with van der Waals surface area (Å²) in [4.78, 5) is 23.9. The molecule has 8 heteroatoms. The predicted octanol–water partition coefficient (Wildman–Crippen LogP) is 1.51. The van der Waals surface area contributed by atoms with Gasteiger partial charge in [-0.25, -0.2) is 8.42 Å². The Morgan fingerprint density at radius 2 is 1.73 bits per heavy atom. The molecule has 26 heavy (non-hydrogen) atoms. The van der Waals surface area contributed by atoms with Gasteiger partial charge < -0.3 is 10.4 Å². The lowest BCUT2D eigenvalue weighted by Gasteiger charge is -2.34. The molecule has 1 aliphatic heterocycles. The number of β-amino-alcohol motifs (C(OH)–C–C–N with tert-alkyl or cyclic N) is 1. The molecule has 7 nitrogen and oxygen atoms in total. The quantitative estimate of drug-likeness (QED) is 0.772. The van der Waals surface area contributed by atoms with Gasteiger partial charge in [0, 0.05) is 29.9 Å². The SMILES string of the molecule is CC(=O)c1cccc(NC(=O)c2cccc(S(=O)(=O)N3CC(O)C3)c2)c1. The molecular formula is C18H18N2O5S. The van der Waals surface area contributed by atoms with Crippen LogP contribution in [0.1, 0.15) is 27.6 Å². The number of sulfonamides is 1. The second-order valence-corrected chi connectivity index (χ2v) is 8.03. The van der Waals surface area contributed by atoms with Gasteiger partial charge in [-0.05, 0) is 37.3 Å². The first-order valence-electron chi connectivity index (χ1n) is 7.98. The van der Waals surface area contributed by atoms with E-state index in [4.69, 9.17) is 0 Å². The Hall–Kier alpha value is -2.55. The monoisotopic (exact) mass is 374 g/mol. The molecule has 2 N–H and O–H groups in total. The van der Waals surface area contributed by atoms with E-state index in [0.717, 1.165) is 4.31 Å². The van der Waals surface area contributed by atoms with Crippen molar-refractivity contribution in [1.82, 2.24) is 4.31 Å². The van der Waals surface area contributed by atoms with E-state index >= 15 is 0 Å². The predicted molar refractivity (Wildman–Crippen MR) is 95.6 cm³/mol. The van der Waals surface area contributed by atoms with E-state index in [9.17, 15) is 23.1 Å². The van der Waals surface area contributed by atoms with E-state index in [0.29, 0.717) is 11.3 Å². The normalized spacial score (nSPS) is 15.3. The van der Waals surface area contributed by atoms with Gasteiger partial charge in [0.15, 0.2) is 5.78 Å². The molecule has 0 aromatic heterocycles. The van der Waals surface area contributed by atoms with Gasteiger partial charge in [0.05, 0.1) is 11.0 Å². The number of hydrogen-bond donors (Lipinski definition) is 2. The lowest BCUT2D eigenvalue weighted by atomic mass is 10.1. The number of anilines is 1. The number of Topliss-reactive ketones (excluding diaryl/α,β-unsaturated/α-hetero) is 1. The number of ketones is 1. The number of rotatable bonds is 5. The molecule has 0 atom stereocenters. The highest BCUT2D eigenvalue weighted by Gasteiger charge is 2.35. The fraction of sp³-hybridized carbons (Fsp3) is 0.222. The molecule has 2 aromatic rings. The Labute approximate surface area is 151 Å². The van der Waals surface area contributed by atoms with Crippen LogP contribution in [0.4, 0.5) is 5.69 Å². The lowest BCUT2D eigenvalue weighted by molar-refractivity contribution is 0.0548. The molecule has 1 fully saturated rings. The van der Waals surface area contributed by atoms with E-state index < -0.39 is 22.0 Å². The van der Waals surface area contributed by atoms with E-state index in [-0.39, 0.29) is 29.3 Å². The first-order valence-corrected chi connectivity index (χ1v) is 9.42. The first kappa shape index (κ1) is 18.2. The Bertz CT molecular complexity index is 965. The molecule has 0 unspecified atom stereocenters. The minimum atomic E-state index is -3.73. The van der Waals surface area contributed by atoms with Crippen LogP contribution in [0, 0.1) is 0 Å². The third-order valence-electron chi connectivity index (χ3n) is 4.09. The third kappa shape index (κ3) is 3.67. The maximum atomic E-state index is 12.5. The zero-order valence-corrected chi connectivity index (χ0v) is 14.9. The average molecular weight is 374 g/mol. The summed E-state index contributed by atoms with van der Waals surface area (Å²) in [5.74, 6) is -0.600. The van der Waals surface area contributed by atoms with Crippen molar-refractivity contribution in [2.24, 2.45) is 0 Å². The van der Waals surface area contributed by atoms with E-state index in [1.54, 1.807) is 24.3 Å². The van der Waals surface area contributed by atoms with Crippen LogP contribution >= 0.6 is 0 Å². The van der Waals surface area contributed by atoms with E-state index in [1.165, 1.54) is 31.2 Å². The fourth-order valence-corrected chi connectivity index (χ4v) is 4.14. The molecule has 1 aliphatic rings. The zero-order chi connectivity index (χ0) is 18.9. The average Bonchev–Trinajstić information content (AvgIpc) is 2.59. The van der Waals surface area contributed by atoms with E-state index in [1.807, 2.05) is 0 Å². The second kappa shape index (κ2) is 6.99. The summed E-state index contributed by atoms with van der Waals surface area (Å²) >= 11 is 0. The van der Waals surface area contributed by atoms with Gasteiger partial charge in [-0.15, -0.1) is 0 Å². The minimum absolute atomic E-state index is 0.00506. The summed E-state index contributed by atoms with van der Waals surface area (Å²) in [5.41, 5.74) is 1.10. The van der Waals surface area contributed by atoms with E-state index in [2.05, 4.69) is 5.32 Å². The Kier molecular flexibility index (Phi) is 4.90. The van der Waals surface area contributed by atoms with Crippen molar-refractivity contribution in [2.75, 3.05) is 18.4 Å². The van der Waals surface area contributed by atoms with Gasteiger partial charge in [0.1, 0.15) is 0 Å². The molecule has 1 heterocycles. The van der Waals surface area contributed by atoms with Gasteiger partial charge >= 0.3 is 0 Å². The number of hydrogen-bond acceptors (Lipinski definition) is 5. The van der Waals surface area contributed by atoms with Crippen molar-refractivity contribution in [1.29, 1.82) is 0 Å². The molecule has 136 valence electrons. The number of carbonyl (C=O) groups is 2. The summed E-state index contributed by atoms with van der Waals surface area (Å²) in [7, 11) is -3.73. The van der Waals surface area contributed by atoms with Crippen molar-refractivity contribution < 1.29 is 23.1 Å². The number of aliphatic hydroxyl groups excluding tert-OH is 1. The maximum Gasteiger partial charge on any atom is 0.255 e. The van der Waals surface area contributed by atoms with Crippen molar-refractivity contribution in [3.63, 3.8) is 0 Å². The van der Waals surface area contributed by atoms with Crippen molar-refractivity contribution in [2.45, 2.75) is 17.9 Å². The van der Waals surface area contributed by atoms with Crippen LogP contribution < -0.4 is 5.32 Å². The summed E-state index contributed by atoms with van der Waals surface area (Å²) in [6.45, 7) is 1.54. The van der Waals surface area contributed by atoms with Crippen molar-refractivity contribution in [3.05, 3.63) is 59.7 Å². The highest BCUT2D eigenvalue weighted by Crippen LogP contribution is 2.22. The fourth-order valence-electron chi connectivity index (χ4n) is 2.58. The highest BCUT2D eigenvalue weighted by atomic mass is 32.2. The Morgan fingerprint density at radius 1 is 1.08 bits per heavy atom. The largest absolute Gasteiger partial charge is 0.390 e. The summed E-state index contributed by atoms with van der Waals surface area (Å²) in [6, 6.07) is 12.2. The second-order valence-electron chi connectivity index (χ2n) is 6.09. The summed E-state index contributed by atoms with van der Waals surface area (Å²) in [5, 5.41) is 12.0. The number of amides is 1. The molecule has 0 aliphatic carbocycles. The molecule has 0 saturated carbocycles. The molecule has 3 rings (SSSR count). The zero-order valence-electron chi connectivity index (χ0n) is 14.0. The number of carbonyl (C=O) groups excluding carboxylic acids is 2. The van der Waals surface area contributed by atoms with Gasteiger partial charge in [0.25, 0.3) is 5.91 Å². The van der Waals surface area contributed by atoms with Crippen LogP contribution in [0.2, 0.25) is 0 Å². The lowest BCUT2D eigenvalue weighted by Crippen LogP contribution is -2.53. The van der Waals surface area contributed by atoms with Crippen LogP contribution in [0.15, 0.2) is 53.4 Å². The number of nitrogens with zero attached hydrogens (tertiary/aromatic N) is 1. The molecule has 2 aromatic carbocycles. The topological polar surface area (TPSA) is 104 Å². The smallest absolute Gasteiger partial charge is 0.255 e. The number of nitrogens with one attached hydrogen (secondary N) is 1. The van der Waals surface area contributed by atoms with Crippen molar-refractivity contribution >= 4 is 27.4 Å². The minimum Gasteiger partial charge on any atom is -0.390 e. The summed E-state index contributed by atoms with van der Waals surface area (Å²) < 4.78 is 26.1. The standard InChI is InChI=1S/C18H18N2O5S/c1-12(21)13-4-2-6-15(8-13)19-18(23)14-5-3-7-17(9-14)26(24,25)20-10-16(22)11-20/h2-9,16,22H,10-11H2,1H3,(H,19,23). The third-order valence-corrected chi connectivity index (χ3v) is 5.92. The molecular weight excluding hydrogens is 356 g/mol. The van der Waals surface area contributed by atoms with Crippen LogP contribution in [-0.4, -0.2) is 48.7 Å². The number of benzene rings is 2.